The zero-order valence-electron chi connectivity index (χ0n) is 5.76. The Morgan fingerprint density at radius 2 is 2.30 bits per heavy atom. The lowest BCUT2D eigenvalue weighted by Gasteiger charge is -2.36. The van der Waals surface area contributed by atoms with Crippen molar-refractivity contribution >= 4 is 17.3 Å². The molecule has 0 heterocycles. The lowest BCUT2D eigenvalue weighted by Crippen LogP contribution is -2.48. The fourth-order valence-electron chi connectivity index (χ4n) is 1.01. The number of hydrogen-bond donors (Lipinski definition) is 3. The van der Waals surface area contributed by atoms with Crippen LogP contribution in [0.1, 0.15) is 19.3 Å². The molecular weight excluding hydrogens is 148 g/mol. The average molecular weight is 160 g/mol. The van der Waals surface area contributed by atoms with Crippen molar-refractivity contribution < 1.29 is 5.11 Å². The first kappa shape index (κ1) is 7.75. The summed E-state index contributed by atoms with van der Waals surface area (Å²) < 4.78 is 0. The van der Waals surface area contributed by atoms with Crippen molar-refractivity contribution in [2.45, 2.75) is 24.9 Å². The summed E-state index contributed by atoms with van der Waals surface area (Å²) in [5, 5.41) is 12.5. The molecule has 0 saturated heterocycles. The Hall–Kier alpha value is -0.350. The van der Waals surface area contributed by atoms with Crippen LogP contribution in [0, 0.1) is 0 Å². The van der Waals surface area contributed by atoms with Crippen molar-refractivity contribution in [3.8, 4) is 0 Å². The van der Waals surface area contributed by atoms with Gasteiger partial charge >= 0.3 is 0 Å². The predicted octanol–water partition coefficient (Wildman–Crippen LogP) is -0.265. The molecule has 1 aliphatic rings. The Bertz CT molecular complexity index is 145. The molecule has 0 radical (unpaired) electrons. The molecule has 4 heteroatoms. The summed E-state index contributed by atoms with van der Waals surface area (Å²) in [6.07, 6.45) is 2.83. The van der Waals surface area contributed by atoms with Gasteiger partial charge in [0.1, 0.15) is 0 Å². The van der Waals surface area contributed by atoms with E-state index >= 15 is 0 Å². The SMILES string of the molecule is NC(=S)NCC1(O)CCC1. The summed E-state index contributed by atoms with van der Waals surface area (Å²) in [5.41, 5.74) is 4.66. The molecule has 0 spiro atoms. The van der Waals surface area contributed by atoms with Gasteiger partial charge in [-0.2, -0.15) is 0 Å². The van der Waals surface area contributed by atoms with Crippen LogP contribution in [0.15, 0.2) is 0 Å². The van der Waals surface area contributed by atoms with E-state index in [-0.39, 0.29) is 5.11 Å². The summed E-state index contributed by atoms with van der Waals surface area (Å²) in [7, 11) is 0. The van der Waals surface area contributed by atoms with Gasteiger partial charge in [-0.3, -0.25) is 0 Å². The molecular formula is C6H12N2OS. The number of rotatable bonds is 2. The van der Waals surface area contributed by atoms with E-state index in [4.69, 9.17) is 5.73 Å². The standard InChI is InChI=1S/C6H12N2OS/c7-5(10)8-4-6(9)2-1-3-6/h9H,1-4H2,(H3,7,8,10). The molecule has 1 aliphatic carbocycles. The van der Waals surface area contributed by atoms with Crippen LogP contribution in [0.2, 0.25) is 0 Å². The zero-order chi connectivity index (χ0) is 7.61. The van der Waals surface area contributed by atoms with Gasteiger partial charge in [0, 0.05) is 6.54 Å². The van der Waals surface area contributed by atoms with Crippen LogP contribution >= 0.6 is 12.2 Å². The molecule has 0 aromatic rings. The summed E-state index contributed by atoms with van der Waals surface area (Å²) in [6.45, 7) is 0.502. The lowest BCUT2D eigenvalue weighted by molar-refractivity contribution is -0.0276. The van der Waals surface area contributed by atoms with Gasteiger partial charge in [0.15, 0.2) is 5.11 Å². The maximum Gasteiger partial charge on any atom is 0.163 e. The molecule has 58 valence electrons. The Morgan fingerprint density at radius 1 is 1.70 bits per heavy atom. The van der Waals surface area contributed by atoms with E-state index in [0.29, 0.717) is 6.54 Å². The largest absolute Gasteiger partial charge is 0.388 e. The van der Waals surface area contributed by atoms with Crippen LogP contribution in [0.5, 0.6) is 0 Å². The van der Waals surface area contributed by atoms with Crippen LogP contribution < -0.4 is 11.1 Å². The number of hydrogen-bond acceptors (Lipinski definition) is 2. The topological polar surface area (TPSA) is 58.3 Å². The molecule has 4 N–H and O–H groups in total. The van der Waals surface area contributed by atoms with Crippen molar-refractivity contribution in [2.24, 2.45) is 5.73 Å². The van der Waals surface area contributed by atoms with Crippen LogP contribution in [0.4, 0.5) is 0 Å². The van der Waals surface area contributed by atoms with Crippen LogP contribution in [0.25, 0.3) is 0 Å². The monoisotopic (exact) mass is 160 g/mol. The van der Waals surface area contributed by atoms with E-state index < -0.39 is 5.60 Å². The zero-order valence-corrected chi connectivity index (χ0v) is 6.58. The van der Waals surface area contributed by atoms with Crippen LogP contribution in [0.3, 0.4) is 0 Å². The summed E-state index contributed by atoms with van der Waals surface area (Å²) in [4.78, 5) is 0. The molecule has 0 amide bonds. The molecule has 0 aromatic heterocycles. The highest BCUT2D eigenvalue weighted by molar-refractivity contribution is 7.80. The molecule has 0 aromatic carbocycles. The van der Waals surface area contributed by atoms with E-state index in [2.05, 4.69) is 17.5 Å². The van der Waals surface area contributed by atoms with Crippen molar-refractivity contribution in [2.75, 3.05) is 6.54 Å². The lowest BCUT2D eigenvalue weighted by atomic mass is 9.80. The number of nitrogens with one attached hydrogen (secondary N) is 1. The third-order valence-electron chi connectivity index (χ3n) is 1.88. The number of aliphatic hydroxyl groups is 1. The van der Waals surface area contributed by atoms with E-state index in [1.807, 2.05) is 0 Å². The van der Waals surface area contributed by atoms with Crippen molar-refractivity contribution in [3.05, 3.63) is 0 Å². The molecule has 0 bridgehead atoms. The van der Waals surface area contributed by atoms with E-state index in [1.165, 1.54) is 0 Å². The smallest absolute Gasteiger partial charge is 0.163 e. The van der Waals surface area contributed by atoms with Gasteiger partial charge in [0.25, 0.3) is 0 Å². The van der Waals surface area contributed by atoms with E-state index in [0.717, 1.165) is 19.3 Å². The second-order valence-corrected chi connectivity index (χ2v) is 3.24. The highest BCUT2D eigenvalue weighted by Crippen LogP contribution is 2.30. The van der Waals surface area contributed by atoms with Crippen molar-refractivity contribution in [1.82, 2.24) is 5.32 Å². The van der Waals surface area contributed by atoms with Crippen LogP contribution in [-0.4, -0.2) is 22.4 Å². The highest BCUT2D eigenvalue weighted by Gasteiger charge is 2.33. The fraction of sp³-hybridized carbons (Fsp3) is 0.833. The number of nitrogens with two attached hydrogens (primary N) is 1. The van der Waals surface area contributed by atoms with E-state index in [9.17, 15) is 5.11 Å². The predicted molar refractivity (Wildman–Crippen MR) is 43.6 cm³/mol. The summed E-state index contributed by atoms with van der Waals surface area (Å²) >= 11 is 4.59. The van der Waals surface area contributed by atoms with E-state index in [1.54, 1.807) is 0 Å². The number of thiocarbonyl (C=S) groups is 1. The molecule has 1 rings (SSSR count). The normalized spacial score (nSPS) is 21.3. The van der Waals surface area contributed by atoms with Crippen LogP contribution in [-0.2, 0) is 0 Å². The third-order valence-corrected chi connectivity index (χ3v) is 2.02. The van der Waals surface area contributed by atoms with Gasteiger partial charge in [-0.15, -0.1) is 0 Å². The molecule has 10 heavy (non-hydrogen) atoms. The Kier molecular flexibility index (Phi) is 2.11. The first-order valence-electron chi connectivity index (χ1n) is 3.38. The van der Waals surface area contributed by atoms with Crippen molar-refractivity contribution in [1.29, 1.82) is 0 Å². The second-order valence-electron chi connectivity index (χ2n) is 2.80. The molecule has 0 aliphatic heterocycles. The minimum absolute atomic E-state index is 0.264. The molecule has 0 atom stereocenters. The minimum Gasteiger partial charge on any atom is -0.388 e. The Balaban J connectivity index is 2.18. The van der Waals surface area contributed by atoms with Crippen molar-refractivity contribution in [3.63, 3.8) is 0 Å². The Labute approximate surface area is 65.6 Å². The average Bonchev–Trinajstić information content (AvgIpc) is 1.79. The van der Waals surface area contributed by atoms with Gasteiger partial charge in [-0.05, 0) is 31.5 Å². The first-order valence-corrected chi connectivity index (χ1v) is 3.79. The highest BCUT2D eigenvalue weighted by atomic mass is 32.1. The molecule has 1 saturated carbocycles. The summed E-state index contributed by atoms with van der Waals surface area (Å²) in [5.74, 6) is 0. The second kappa shape index (κ2) is 2.72. The van der Waals surface area contributed by atoms with Gasteiger partial charge < -0.3 is 16.2 Å². The minimum atomic E-state index is -0.524. The molecule has 3 nitrogen and oxygen atoms in total. The van der Waals surface area contributed by atoms with Gasteiger partial charge in [0.05, 0.1) is 5.60 Å². The van der Waals surface area contributed by atoms with Gasteiger partial charge in [0.2, 0.25) is 0 Å². The molecule has 1 fully saturated rings. The third kappa shape index (κ3) is 1.82. The maximum atomic E-state index is 9.48. The first-order chi connectivity index (χ1) is 4.62. The maximum absolute atomic E-state index is 9.48. The molecule has 0 unspecified atom stereocenters. The fourth-order valence-corrected chi connectivity index (χ4v) is 1.09. The quantitative estimate of drug-likeness (QED) is 0.487. The van der Waals surface area contributed by atoms with Gasteiger partial charge in [-0.25, -0.2) is 0 Å². The van der Waals surface area contributed by atoms with Gasteiger partial charge in [-0.1, -0.05) is 0 Å². The summed E-state index contributed by atoms with van der Waals surface area (Å²) in [6, 6.07) is 0. The Morgan fingerprint density at radius 3 is 2.60 bits per heavy atom.